The Morgan fingerprint density at radius 2 is 1.92 bits per heavy atom. The van der Waals surface area contributed by atoms with E-state index in [1.165, 1.54) is 16.8 Å². The summed E-state index contributed by atoms with van der Waals surface area (Å²) in [6, 6.07) is 17.8. The van der Waals surface area contributed by atoms with Crippen LogP contribution in [0.15, 0.2) is 48.5 Å². The van der Waals surface area contributed by atoms with E-state index in [4.69, 9.17) is 12.2 Å². The van der Waals surface area contributed by atoms with Gasteiger partial charge in [0.2, 0.25) is 0 Å². The van der Waals surface area contributed by atoms with Crippen LogP contribution in [-0.4, -0.2) is 24.2 Å². The van der Waals surface area contributed by atoms with E-state index in [-0.39, 0.29) is 0 Å². The molecular formula is C21H27N3S. The highest BCUT2D eigenvalue weighted by atomic mass is 32.1. The molecule has 2 aromatic carbocycles. The molecule has 0 saturated heterocycles. The normalized spacial score (nSPS) is 15.8. The van der Waals surface area contributed by atoms with Gasteiger partial charge in [0.05, 0.1) is 0 Å². The summed E-state index contributed by atoms with van der Waals surface area (Å²) in [4.78, 5) is 2.51. The van der Waals surface area contributed by atoms with Gasteiger partial charge in [-0.3, -0.25) is 0 Å². The average molecular weight is 354 g/mol. The van der Waals surface area contributed by atoms with Crippen LogP contribution in [0.5, 0.6) is 0 Å². The summed E-state index contributed by atoms with van der Waals surface area (Å²) in [6.07, 6.45) is 3.27. The summed E-state index contributed by atoms with van der Waals surface area (Å²) in [6.45, 7) is 6.40. The lowest BCUT2D eigenvalue weighted by atomic mass is 10.1. The number of rotatable bonds is 6. The lowest BCUT2D eigenvalue weighted by Crippen LogP contribution is -2.34. The zero-order valence-corrected chi connectivity index (χ0v) is 15.9. The Labute approximate surface area is 156 Å². The molecule has 0 aromatic heterocycles. The zero-order valence-electron chi connectivity index (χ0n) is 15.1. The predicted molar refractivity (Wildman–Crippen MR) is 112 cm³/mol. The zero-order chi connectivity index (χ0) is 17.6. The number of nitrogens with zero attached hydrogens (tertiary/aromatic N) is 1. The molecule has 0 spiro atoms. The van der Waals surface area contributed by atoms with Crippen molar-refractivity contribution in [2.24, 2.45) is 0 Å². The fourth-order valence-corrected chi connectivity index (χ4v) is 3.64. The molecule has 0 fully saturated rings. The summed E-state index contributed by atoms with van der Waals surface area (Å²) in [5, 5.41) is 7.26. The van der Waals surface area contributed by atoms with Crippen molar-refractivity contribution in [2.75, 3.05) is 23.3 Å². The van der Waals surface area contributed by atoms with Gasteiger partial charge in [-0.15, -0.1) is 0 Å². The number of aryl methyl sites for hydroxylation is 1. The third-order valence-corrected chi connectivity index (χ3v) is 5.08. The third-order valence-electron chi connectivity index (χ3n) is 4.83. The second-order valence-corrected chi connectivity index (χ2v) is 7.07. The molecule has 0 unspecified atom stereocenters. The maximum absolute atomic E-state index is 5.40. The van der Waals surface area contributed by atoms with E-state index >= 15 is 0 Å². The lowest BCUT2D eigenvalue weighted by molar-refractivity contribution is 0.641. The standard InChI is InChI=1S/C21H27N3S/c1-3-17-9-11-19(12-10-17)23-21(25)22-13-6-14-24-16(2)15-18-7-4-5-8-20(18)24/h4-5,7-12,16H,3,6,13-15H2,1-2H3,(H2,22,23,25)/t16-/m1/s1. The summed E-state index contributed by atoms with van der Waals surface area (Å²) in [5.74, 6) is 0. The monoisotopic (exact) mass is 353 g/mol. The Morgan fingerprint density at radius 3 is 2.68 bits per heavy atom. The minimum Gasteiger partial charge on any atom is -0.368 e. The maximum atomic E-state index is 5.40. The van der Waals surface area contributed by atoms with Crippen LogP contribution < -0.4 is 15.5 Å². The van der Waals surface area contributed by atoms with Crippen molar-refractivity contribution in [1.82, 2.24) is 5.32 Å². The van der Waals surface area contributed by atoms with Crippen molar-refractivity contribution in [3.63, 3.8) is 0 Å². The first-order valence-electron chi connectivity index (χ1n) is 9.15. The van der Waals surface area contributed by atoms with Crippen LogP contribution in [0.1, 0.15) is 31.4 Å². The number of fused-ring (bicyclic) bond motifs is 1. The molecule has 1 heterocycles. The topological polar surface area (TPSA) is 27.3 Å². The number of anilines is 2. The fourth-order valence-electron chi connectivity index (χ4n) is 3.42. The molecule has 25 heavy (non-hydrogen) atoms. The van der Waals surface area contributed by atoms with Gasteiger partial charge < -0.3 is 15.5 Å². The van der Waals surface area contributed by atoms with E-state index < -0.39 is 0 Å². The number of nitrogens with one attached hydrogen (secondary N) is 2. The number of hydrogen-bond acceptors (Lipinski definition) is 2. The molecule has 0 bridgehead atoms. The molecule has 4 heteroatoms. The number of benzene rings is 2. The van der Waals surface area contributed by atoms with Gasteiger partial charge in [0.15, 0.2) is 5.11 Å². The molecule has 1 atom stereocenters. The Bertz CT molecular complexity index is 711. The van der Waals surface area contributed by atoms with Crippen molar-refractivity contribution in [2.45, 2.75) is 39.2 Å². The summed E-state index contributed by atoms with van der Waals surface area (Å²) in [7, 11) is 0. The van der Waals surface area contributed by atoms with Crippen molar-refractivity contribution in [3.05, 3.63) is 59.7 Å². The molecular weight excluding hydrogens is 326 g/mol. The Morgan fingerprint density at radius 1 is 1.16 bits per heavy atom. The Hall–Kier alpha value is -2.07. The van der Waals surface area contributed by atoms with Crippen LogP contribution in [0.2, 0.25) is 0 Å². The lowest BCUT2D eigenvalue weighted by Gasteiger charge is -2.25. The molecule has 132 valence electrons. The van der Waals surface area contributed by atoms with Gasteiger partial charge >= 0.3 is 0 Å². The van der Waals surface area contributed by atoms with Gasteiger partial charge in [-0.05, 0) is 67.7 Å². The number of para-hydroxylation sites is 1. The number of thiocarbonyl (C=S) groups is 1. The fraction of sp³-hybridized carbons (Fsp3) is 0.381. The molecule has 2 N–H and O–H groups in total. The van der Waals surface area contributed by atoms with Crippen LogP contribution in [0.4, 0.5) is 11.4 Å². The van der Waals surface area contributed by atoms with Crippen LogP contribution in [-0.2, 0) is 12.8 Å². The van der Waals surface area contributed by atoms with Gasteiger partial charge in [-0.1, -0.05) is 37.3 Å². The van der Waals surface area contributed by atoms with E-state index in [9.17, 15) is 0 Å². The van der Waals surface area contributed by atoms with Crippen LogP contribution in [0.25, 0.3) is 0 Å². The van der Waals surface area contributed by atoms with Crippen molar-refractivity contribution in [1.29, 1.82) is 0 Å². The second-order valence-electron chi connectivity index (χ2n) is 6.66. The van der Waals surface area contributed by atoms with E-state index in [0.717, 1.165) is 38.0 Å². The highest BCUT2D eigenvalue weighted by molar-refractivity contribution is 7.80. The smallest absolute Gasteiger partial charge is 0.170 e. The highest BCUT2D eigenvalue weighted by Gasteiger charge is 2.24. The summed E-state index contributed by atoms with van der Waals surface area (Å²) in [5.41, 5.74) is 5.24. The van der Waals surface area contributed by atoms with Gasteiger partial charge in [-0.25, -0.2) is 0 Å². The quantitative estimate of drug-likeness (QED) is 0.595. The van der Waals surface area contributed by atoms with Gasteiger partial charge in [-0.2, -0.15) is 0 Å². The van der Waals surface area contributed by atoms with Crippen LogP contribution >= 0.6 is 12.2 Å². The van der Waals surface area contributed by atoms with Crippen molar-refractivity contribution >= 4 is 28.7 Å². The minimum atomic E-state index is 0.583. The second kappa shape index (κ2) is 8.34. The van der Waals surface area contributed by atoms with Crippen LogP contribution in [0.3, 0.4) is 0 Å². The van der Waals surface area contributed by atoms with E-state index in [0.29, 0.717) is 11.2 Å². The molecule has 0 aliphatic carbocycles. The van der Waals surface area contributed by atoms with E-state index in [2.05, 4.69) is 77.9 Å². The Kier molecular flexibility index (Phi) is 5.92. The molecule has 2 aromatic rings. The minimum absolute atomic E-state index is 0.583. The predicted octanol–water partition coefficient (Wildman–Crippen LogP) is 4.38. The largest absolute Gasteiger partial charge is 0.368 e. The molecule has 0 saturated carbocycles. The number of hydrogen-bond donors (Lipinski definition) is 2. The molecule has 1 aliphatic heterocycles. The molecule has 0 amide bonds. The highest BCUT2D eigenvalue weighted by Crippen LogP contribution is 2.31. The van der Waals surface area contributed by atoms with Gasteiger partial charge in [0.25, 0.3) is 0 Å². The SMILES string of the molecule is CCc1ccc(NC(=S)NCCCN2c3ccccc3C[C@H]2C)cc1. The first-order valence-corrected chi connectivity index (χ1v) is 9.56. The van der Waals surface area contributed by atoms with E-state index in [1.807, 2.05) is 0 Å². The first kappa shape index (κ1) is 17.7. The average Bonchev–Trinajstić information content (AvgIpc) is 2.95. The van der Waals surface area contributed by atoms with Crippen LogP contribution in [0, 0.1) is 0 Å². The van der Waals surface area contributed by atoms with E-state index in [1.54, 1.807) is 0 Å². The molecule has 1 aliphatic rings. The van der Waals surface area contributed by atoms with Crippen molar-refractivity contribution < 1.29 is 0 Å². The molecule has 0 radical (unpaired) electrons. The Balaban J connectivity index is 1.41. The third kappa shape index (κ3) is 4.51. The maximum Gasteiger partial charge on any atom is 0.170 e. The molecule has 3 nitrogen and oxygen atoms in total. The molecule has 3 rings (SSSR count). The van der Waals surface area contributed by atoms with Crippen molar-refractivity contribution in [3.8, 4) is 0 Å². The van der Waals surface area contributed by atoms with Gasteiger partial charge in [0.1, 0.15) is 0 Å². The summed E-state index contributed by atoms with van der Waals surface area (Å²) >= 11 is 5.40. The first-order chi connectivity index (χ1) is 12.2. The van der Waals surface area contributed by atoms with Gasteiger partial charge in [0, 0.05) is 30.5 Å². The summed E-state index contributed by atoms with van der Waals surface area (Å²) < 4.78 is 0.